The number of nitrogens with one attached hydrogen (secondary N) is 1. The third-order valence-corrected chi connectivity index (χ3v) is 7.80. The van der Waals surface area contributed by atoms with Gasteiger partial charge in [-0.1, -0.05) is 55.8 Å². The van der Waals surface area contributed by atoms with Crippen LogP contribution in [0, 0.1) is 6.92 Å². The topological polar surface area (TPSA) is 64.0 Å². The molecule has 0 saturated heterocycles. The number of carbonyl (C=O) groups is 1. The minimum absolute atomic E-state index is 0.147. The largest absolute Gasteiger partial charge is 0.349 e. The average Bonchev–Trinajstić information content (AvgIpc) is 3.56. The van der Waals surface area contributed by atoms with Gasteiger partial charge in [0.15, 0.2) is 0 Å². The average molecular weight is 518 g/mol. The Bertz CT molecular complexity index is 1480. The zero-order chi connectivity index (χ0) is 25.4. The molecule has 184 valence electrons. The predicted molar refractivity (Wildman–Crippen MR) is 148 cm³/mol. The minimum Gasteiger partial charge on any atom is -0.349 e. The summed E-state index contributed by atoms with van der Waals surface area (Å²) in [6.07, 6.45) is 3.54. The van der Waals surface area contributed by atoms with Crippen LogP contribution < -0.4 is 10.9 Å². The Balaban J connectivity index is 1.73. The number of aromatic nitrogens is 2. The maximum atomic E-state index is 14.1. The lowest BCUT2D eigenvalue weighted by molar-refractivity contribution is 0.0949. The van der Waals surface area contributed by atoms with Crippen molar-refractivity contribution in [2.24, 2.45) is 0 Å². The third kappa shape index (κ3) is 4.63. The van der Waals surface area contributed by atoms with Crippen LogP contribution in [0.4, 0.5) is 0 Å². The number of hydrogen-bond donors (Lipinski definition) is 1. The van der Waals surface area contributed by atoms with Crippen LogP contribution in [-0.2, 0) is 12.8 Å². The predicted octanol–water partition coefficient (Wildman–Crippen LogP) is 6.61. The van der Waals surface area contributed by atoms with Crippen molar-refractivity contribution in [3.63, 3.8) is 0 Å². The summed E-state index contributed by atoms with van der Waals surface area (Å²) in [6.45, 7) is 6.03. The van der Waals surface area contributed by atoms with Crippen LogP contribution in [0.2, 0.25) is 5.02 Å². The molecule has 5 rings (SSSR count). The normalized spacial score (nSPS) is 13.1. The van der Waals surface area contributed by atoms with Crippen molar-refractivity contribution in [2.45, 2.75) is 52.5 Å². The van der Waals surface area contributed by atoms with Crippen molar-refractivity contribution >= 4 is 28.8 Å². The van der Waals surface area contributed by atoms with Gasteiger partial charge < -0.3 is 5.32 Å². The fourth-order valence-electron chi connectivity index (χ4n) is 4.50. The molecule has 1 saturated carbocycles. The highest BCUT2D eigenvalue weighted by molar-refractivity contribution is 7.13. The van der Waals surface area contributed by atoms with Crippen molar-refractivity contribution in [1.29, 1.82) is 0 Å². The molecule has 0 spiro atoms. The second-order valence-corrected chi connectivity index (χ2v) is 10.4. The van der Waals surface area contributed by atoms with Gasteiger partial charge in [0.05, 0.1) is 22.5 Å². The maximum absolute atomic E-state index is 14.1. The molecule has 1 N–H and O–H groups in total. The Labute approximate surface area is 219 Å². The number of nitrogens with zero attached hydrogens (tertiary/aromatic N) is 2. The van der Waals surface area contributed by atoms with E-state index in [1.54, 1.807) is 10.6 Å². The third-order valence-electron chi connectivity index (χ3n) is 6.67. The minimum atomic E-state index is -0.164. The Morgan fingerprint density at radius 2 is 1.78 bits per heavy atom. The summed E-state index contributed by atoms with van der Waals surface area (Å²) < 4.78 is 1.73. The summed E-state index contributed by atoms with van der Waals surface area (Å²) in [6, 6.07) is 15.5. The highest BCUT2D eigenvalue weighted by Gasteiger charge is 2.27. The smallest absolute Gasteiger partial charge is 0.265 e. The van der Waals surface area contributed by atoms with E-state index in [-0.39, 0.29) is 17.5 Å². The summed E-state index contributed by atoms with van der Waals surface area (Å²) >= 11 is 7.45. The van der Waals surface area contributed by atoms with Gasteiger partial charge >= 0.3 is 0 Å². The van der Waals surface area contributed by atoms with E-state index < -0.39 is 0 Å². The lowest BCUT2D eigenvalue weighted by Gasteiger charge is -2.21. The van der Waals surface area contributed by atoms with E-state index >= 15 is 0 Å². The van der Waals surface area contributed by atoms with Gasteiger partial charge in [-0.3, -0.25) is 14.2 Å². The van der Waals surface area contributed by atoms with Crippen LogP contribution in [-0.4, -0.2) is 21.5 Å². The van der Waals surface area contributed by atoms with E-state index in [1.807, 2.05) is 42.6 Å². The van der Waals surface area contributed by atoms with Gasteiger partial charge in [0, 0.05) is 27.7 Å². The first-order valence-electron chi connectivity index (χ1n) is 12.3. The summed E-state index contributed by atoms with van der Waals surface area (Å²) in [4.78, 5) is 32.2. The number of halogens is 1. The van der Waals surface area contributed by atoms with Crippen LogP contribution in [0.1, 0.15) is 53.9 Å². The standard InChI is InChI=1S/C29H28ClN3O2S/c1-4-18-7-6-8-19(5-2)26(18)33-17(3)23(27(34)31-22-13-14-22)15-24(29(33)35)28-32-25(16-36-28)20-9-11-21(30)12-10-20/h6-12,15-16,22H,4-5,13-14H2,1-3H3,(H,31,34). The van der Waals surface area contributed by atoms with Crippen LogP contribution in [0.15, 0.2) is 58.7 Å². The molecule has 2 heterocycles. The number of carbonyl (C=O) groups excluding carboxylic acids is 1. The SMILES string of the molecule is CCc1cccc(CC)c1-n1c(C)c(C(=O)NC2CC2)cc(-c2nc(-c3ccc(Cl)cc3)cs2)c1=O. The van der Waals surface area contributed by atoms with Gasteiger partial charge in [0.2, 0.25) is 0 Å². The molecule has 2 aromatic carbocycles. The summed E-state index contributed by atoms with van der Waals surface area (Å²) in [5, 5.41) is 6.28. The van der Waals surface area contributed by atoms with Crippen molar-refractivity contribution in [3.05, 3.63) is 91.7 Å². The van der Waals surface area contributed by atoms with E-state index in [4.69, 9.17) is 16.6 Å². The number of amides is 1. The van der Waals surface area contributed by atoms with Gasteiger partial charge in [-0.05, 0) is 61.9 Å². The Hall–Kier alpha value is -3.22. The molecule has 0 atom stereocenters. The first-order chi connectivity index (χ1) is 17.4. The number of rotatable bonds is 7. The second-order valence-electron chi connectivity index (χ2n) is 9.12. The maximum Gasteiger partial charge on any atom is 0.265 e. The van der Waals surface area contributed by atoms with Crippen LogP contribution in [0.25, 0.3) is 27.5 Å². The van der Waals surface area contributed by atoms with E-state index in [0.29, 0.717) is 26.9 Å². The van der Waals surface area contributed by atoms with E-state index in [9.17, 15) is 9.59 Å². The number of thiazole rings is 1. The number of aryl methyl sites for hydroxylation is 2. The summed E-state index contributed by atoms with van der Waals surface area (Å²) in [5.74, 6) is -0.147. The monoisotopic (exact) mass is 517 g/mol. The number of hydrogen-bond acceptors (Lipinski definition) is 4. The van der Waals surface area contributed by atoms with Gasteiger partial charge in [-0.25, -0.2) is 4.98 Å². The van der Waals surface area contributed by atoms with Crippen molar-refractivity contribution in [1.82, 2.24) is 14.9 Å². The molecule has 0 unspecified atom stereocenters. The van der Waals surface area contributed by atoms with E-state index in [0.717, 1.165) is 53.8 Å². The van der Waals surface area contributed by atoms with Gasteiger partial charge in [-0.15, -0.1) is 11.3 Å². The molecule has 0 radical (unpaired) electrons. The second kappa shape index (κ2) is 10.0. The zero-order valence-corrected chi connectivity index (χ0v) is 22.2. The highest BCUT2D eigenvalue weighted by Crippen LogP contribution is 2.31. The molecular formula is C29H28ClN3O2S. The molecule has 1 aliphatic rings. The molecule has 0 bridgehead atoms. The van der Waals surface area contributed by atoms with Crippen LogP contribution in [0.5, 0.6) is 0 Å². The molecule has 7 heteroatoms. The molecule has 1 aliphatic carbocycles. The fraction of sp³-hybridized carbons (Fsp3) is 0.276. The molecule has 0 aliphatic heterocycles. The summed E-state index contributed by atoms with van der Waals surface area (Å²) in [7, 11) is 0. The van der Waals surface area contributed by atoms with Crippen LogP contribution in [0.3, 0.4) is 0 Å². The molecule has 1 amide bonds. The number of benzene rings is 2. The van der Waals surface area contributed by atoms with Crippen molar-refractivity contribution < 1.29 is 4.79 Å². The Morgan fingerprint density at radius 3 is 2.39 bits per heavy atom. The first kappa shape index (κ1) is 24.5. The molecule has 5 nitrogen and oxygen atoms in total. The quantitative estimate of drug-likeness (QED) is 0.300. The lowest BCUT2D eigenvalue weighted by atomic mass is 10.0. The van der Waals surface area contributed by atoms with Gasteiger partial charge in [0.1, 0.15) is 5.01 Å². The highest BCUT2D eigenvalue weighted by atomic mass is 35.5. The van der Waals surface area contributed by atoms with Gasteiger partial charge in [0.25, 0.3) is 11.5 Å². The number of pyridine rings is 1. The summed E-state index contributed by atoms with van der Waals surface area (Å²) in [5.41, 5.74) is 6.14. The molecule has 2 aromatic heterocycles. The van der Waals surface area contributed by atoms with Crippen LogP contribution >= 0.6 is 22.9 Å². The van der Waals surface area contributed by atoms with Crippen molar-refractivity contribution in [2.75, 3.05) is 0 Å². The molecule has 4 aromatic rings. The van der Waals surface area contributed by atoms with Crippen molar-refractivity contribution in [3.8, 4) is 27.5 Å². The fourth-order valence-corrected chi connectivity index (χ4v) is 5.46. The first-order valence-corrected chi connectivity index (χ1v) is 13.6. The molecule has 1 fully saturated rings. The Kier molecular flexibility index (Phi) is 6.82. The van der Waals surface area contributed by atoms with E-state index in [1.165, 1.54) is 11.3 Å². The molecule has 36 heavy (non-hydrogen) atoms. The zero-order valence-electron chi connectivity index (χ0n) is 20.6. The Morgan fingerprint density at radius 1 is 1.11 bits per heavy atom. The lowest BCUT2D eigenvalue weighted by Crippen LogP contribution is -2.31. The van der Waals surface area contributed by atoms with Gasteiger partial charge in [-0.2, -0.15) is 0 Å². The van der Waals surface area contributed by atoms with E-state index in [2.05, 4.69) is 31.3 Å². The number of para-hydroxylation sites is 1. The molecular weight excluding hydrogens is 490 g/mol.